The van der Waals surface area contributed by atoms with Gasteiger partial charge < -0.3 is 19.5 Å². The molecule has 2 atom stereocenters. The largest absolute Gasteiger partial charge is 0.491 e. The lowest BCUT2D eigenvalue weighted by atomic mass is 9.89. The summed E-state index contributed by atoms with van der Waals surface area (Å²) in [6.07, 6.45) is 2.78. The van der Waals surface area contributed by atoms with Crippen LogP contribution in [-0.2, 0) is 11.2 Å². The maximum absolute atomic E-state index is 10.1. The van der Waals surface area contributed by atoms with Crippen molar-refractivity contribution in [1.29, 1.82) is 0 Å². The van der Waals surface area contributed by atoms with Gasteiger partial charge in [0.05, 0.1) is 12.7 Å². The van der Waals surface area contributed by atoms with Crippen LogP contribution in [-0.4, -0.2) is 49.5 Å². The predicted octanol–water partition coefficient (Wildman–Crippen LogP) is 1.77. The number of benzene rings is 1. The van der Waals surface area contributed by atoms with Crippen LogP contribution in [0.15, 0.2) is 18.2 Å². The van der Waals surface area contributed by atoms with E-state index in [1.807, 2.05) is 12.1 Å². The zero-order chi connectivity index (χ0) is 13.9. The third-order valence-electron chi connectivity index (χ3n) is 4.18. The number of hydrogen-bond acceptors (Lipinski definition) is 4. The van der Waals surface area contributed by atoms with Crippen LogP contribution < -0.4 is 4.74 Å². The predicted molar refractivity (Wildman–Crippen MR) is 77.1 cm³/mol. The van der Waals surface area contributed by atoms with Gasteiger partial charge in [-0.3, -0.25) is 0 Å². The summed E-state index contributed by atoms with van der Waals surface area (Å²) in [7, 11) is 2.10. The fourth-order valence-corrected chi connectivity index (χ4v) is 3.00. The summed E-state index contributed by atoms with van der Waals surface area (Å²) in [5.74, 6) is 0.835. The second-order valence-electron chi connectivity index (χ2n) is 5.83. The molecule has 1 N–H and O–H groups in total. The molecule has 4 nitrogen and oxygen atoms in total. The molecule has 0 saturated carbocycles. The summed E-state index contributed by atoms with van der Waals surface area (Å²) in [4.78, 5) is 2.26. The van der Waals surface area contributed by atoms with Crippen LogP contribution in [0.25, 0.3) is 0 Å². The number of ether oxygens (including phenoxy) is 2. The van der Waals surface area contributed by atoms with Crippen LogP contribution in [0.3, 0.4) is 0 Å². The van der Waals surface area contributed by atoms with Gasteiger partial charge in [0.15, 0.2) is 0 Å². The number of nitrogens with zero attached hydrogens (tertiary/aromatic N) is 1. The number of rotatable bonds is 3. The van der Waals surface area contributed by atoms with E-state index in [2.05, 4.69) is 18.0 Å². The zero-order valence-corrected chi connectivity index (χ0v) is 12.0. The van der Waals surface area contributed by atoms with Crippen LogP contribution in [0.4, 0.5) is 0 Å². The van der Waals surface area contributed by atoms with Crippen LogP contribution in [0.2, 0.25) is 0 Å². The molecule has 1 aliphatic heterocycles. The average Bonchev–Trinajstić information content (AvgIpc) is 2.46. The minimum Gasteiger partial charge on any atom is -0.491 e. The Morgan fingerprint density at radius 3 is 3.20 bits per heavy atom. The van der Waals surface area contributed by atoms with Gasteiger partial charge in [-0.25, -0.2) is 0 Å². The molecule has 1 unspecified atom stereocenters. The van der Waals surface area contributed by atoms with Gasteiger partial charge in [0, 0.05) is 13.1 Å². The van der Waals surface area contributed by atoms with E-state index in [-0.39, 0.29) is 12.2 Å². The van der Waals surface area contributed by atoms with Crippen molar-refractivity contribution in [3.8, 4) is 5.75 Å². The van der Waals surface area contributed by atoms with Crippen molar-refractivity contribution >= 4 is 0 Å². The highest BCUT2D eigenvalue weighted by Gasteiger charge is 2.20. The molecule has 0 amide bonds. The number of fused-ring (bicyclic) bond motifs is 1. The molecule has 0 aromatic heterocycles. The smallest absolute Gasteiger partial charge is 0.119 e. The normalized spacial score (nSPS) is 27.1. The molecule has 110 valence electrons. The van der Waals surface area contributed by atoms with Crippen molar-refractivity contribution in [3.63, 3.8) is 0 Å². The Morgan fingerprint density at radius 1 is 1.45 bits per heavy atom. The first-order valence-electron chi connectivity index (χ1n) is 7.46. The number of likely N-dealkylation sites (N-methyl/N-ethyl adjacent to an activating group) is 1. The molecule has 1 aliphatic carbocycles. The monoisotopic (exact) mass is 277 g/mol. The third-order valence-corrected chi connectivity index (χ3v) is 4.18. The summed E-state index contributed by atoms with van der Waals surface area (Å²) < 4.78 is 11.5. The average molecular weight is 277 g/mol. The molecule has 4 heteroatoms. The van der Waals surface area contributed by atoms with Gasteiger partial charge in [0.25, 0.3) is 0 Å². The lowest BCUT2D eigenvalue weighted by molar-refractivity contribution is -0.0403. The van der Waals surface area contributed by atoms with Crippen molar-refractivity contribution in [1.82, 2.24) is 4.90 Å². The number of hydrogen-bond donors (Lipinski definition) is 1. The lowest BCUT2D eigenvalue weighted by Crippen LogP contribution is -2.42. The summed E-state index contributed by atoms with van der Waals surface area (Å²) in [5.41, 5.74) is 2.29. The zero-order valence-electron chi connectivity index (χ0n) is 12.0. The molecule has 0 spiro atoms. The maximum Gasteiger partial charge on any atom is 0.119 e. The Kier molecular flexibility index (Phi) is 4.24. The first-order chi connectivity index (χ1) is 9.72. The molecule has 1 heterocycles. The van der Waals surface area contributed by atoms with Crippen LogP contribution in [0, 0.1) is 0 Å². The van der Waals surface area contributed by atoms with Crippen LogP contribution in [0.1, 0.15) is 30.1 Å². The highest BCUT2D eigenvalue weighted by Crippen LogP contribution is 2.32. The minimum absolute atomic E-state index is 0.134. The van der Waals surface area contributed by atoms with E-state index in [4.69, 9.17) is 9.47 Å². The fraction of sp³-hybridized carbons (Fsp3) is 0.625. The number of morpholine rings is 1. The summed E-state index contributed by atoms with van der Waals surface area (Å²) in [5, 5.41) is 10.1. The molecule has 1 fully saturated rings. The van der Waals surface area contributed by atoms with Crippen molar-refractivity contribution in [2.75, 3.05) is 33.4 Å². The van der Waals surface area contributed by atoms with Crippen molar-refractivity contribution in [2.45, 2.75) is 31.5 Å². The van der Waals surface area contributed by atoms with Gasteiger partial charge in [-0.15, -0.1) is 0 Å². The number of aryl methyl sites for hydroxylation is 1. The number of aliphatic hydroxyl groups excluding tert-OH is 1. The topological polar surface area (TPSA) is 41.9 Å². The van der Waals surface area contributed by atoms with Crippen molar-refractivity contribution in [3.05, 3.63) is 29.3 Å². The minimum atomic E-state index is -0.334. The molecular weight excluding hydrogens is 254 g/mol. The number of aliphatic hydroxyl groups is 1. The first-order valence-corrected chi connectivity index (χ1v) is 7.46. The van der Waals surface area contributed by atoms with E-state index < -0.39 is 0 Å². The summed E-state index contributed by atoms with van der Waals surface area (Å²) in [6, 6.07) is 6.08. The van der Waals surface area contributed by atoms with Gasteiger partial charge in [-0.2, -0.15) is 0 Å². The Hall–Kier alpha value is -1.10. The molecule has 20 heavy (non-hydrogen) atoms. The Morgan fingerprint density at radius 2 is 2.35 bits per heavy atom. The lowest BCUT2D eigenvalue weighted by Gasteiger charge is -2.30. The third kappa shape index (κ3) is 3.14. The molecule has 2 aliphatic rings. The maximum atomic E-state index is 10.1. The van der Waals surface area contributed by atoms with Gasteiger partial charge in [0.1, 0.15) is 18.5 Å². The summed E-state index contributed by atoms with van der Waals surface area (Å²) in [6.45, 7) is 3.24. The highest BCUT2D eigenvalue weighted by molar-refractivity contribution is 5.38. The van der Waals surface area contributed by atoms with Gasteiger partial charge >= 0.3 is 0 Å². The standard InChI is InChI=1S/C16H23NO3/c1-17-7-8-19-14(10-17)11-20-13-6-5-12-3-2-4-16(18)15(12)9-13/h5-6,9,14,16,18H,2-4,7-8,10-11H2,1H3/t14?,16-/m1/s1. The van der Waals surface area contributed by atoms with E-state index in [1.54, 1.807) is 0 Å². The molecule has 0 radical (unpaired) electrons. The van der Waals surface area contributed by atoms with Crippen LogP contribution >= 0.6 is 0 Å². The Bertz CT molecular complexity index is 463. The molecular formula is C16H23NO3. The molecule has 0 bridgehead atoms. The van der Waals surface area contributed by atoms with Crippen LogP contribution in [0.5, 0.6) is 5.75 Å². The van der Waals surface area contributed by atoms with Gasteiger partial charge in [0.2, 0.25) is 0 Å². The Labute approximate surface area is 120 Å². The highest BCUT2D eigenvalue weighted by atomic mass is 16.5. The summed E-state index contributed by atoms with van der Waals surface area (Å²) >= 11 is 0. The SMILES string of the molecule is CN1CCOC(COc2ccc3c(c2)[C@H](O)CCC3)C1. The van der Waals surface area contributed by atoms with E-state index >= 15 is 0 Å². The quantitative estimate of drug-likeness (QED) is 0.914. The first kappa shape index (κ1) is 13.9. The van der Waals surface area contributed by atoms with E-state index in [0.29, 0.717) is 6.61 Å². The second-order valence-corrected chi connectivity index (χ2v) is 5.83. The molecule has 1 saturated heterocycles. The van der Waals surface area contributed by atoms with Crippen molar-refractivity contribution in [2.24, 2.45) is 0 Å². The molecule has 3 rings (SSSR count). The van der Waals surface area contributed by atoms with Crippen molar-refractivity contribution < 1.29 is 14.6 Å². The van der Waals surface area contributed by atoms with E-state index in [9.17, 15) is 5.11 Å². The van der Waals surface area contributed by atoms with E-state index in [1.165, 1.54) is 5.56 Å². The van der Waals surface area contributed by atoms with Gasteiger partial charge in [-0.1, -0.05) is 6.07 Å². The van der Waals surface area contributed by atoms with E-state index in [0.717, 1.165) is 50.3 Å². The molecule has 1 aromatic rings. The second kappa shape index (κ2) is 6.12. The fourth-order valence-electron chi connectivity index (χ4n) is 3.00. The van der Waals surface area contributed by atoms with Gasteiger partial charge in [-0.05, 0) is 49.6 Å². The molecule has 1 aromatic carbocycles. The Balaban J connectivity index is 1.61.